The van der Waals surface area contributed by atoms with Gasteiger partial charge in [0, 0.05) is 31.7 Å². The molecule has 0 bridgehead atoms. The molecule has 1 fully saturated rings. The maximum Gasteiger partial charge on any atom is 0.410 e. The van der Waals surface area contributed by atoms with E-state index >= 15 is 0 Å². The molecule has 3 aromatic carbocycles. The molecule has 0 radical (unpaired) electrons. The molecule has 42 heavy (non-hydrogen) atoms. The van der Waals surface area contributed by atoms with E-state index in [0.29, 0.717) is 31.6 Å². The Hall–Kier alpha value is -3.29. The van der Waals surface area contributed by atoms with Gasteiger partial charge in [0.1, 0.15) is 17.2 Å². The van der Waals surface area contributed by atoms with Gasteiger partial charge in [0.05, 0.1) is 12.1 Å². The van der Waals surface area contributed by atoms with Crippen molar-refractivity contribution in [3.05, 3.63) is 106 Å². The highest BCUT2D eigenvalue weighted by molar-refractivity contribution is 5.68. The first-order valence-corrected chi connectivity index (χ1v) is 14.9. The van der Waals surface area contributed by atoms with Crippen molar-refractivity contribution in [1.82, 2.24) is 9.80 Å². The summed E-state index contributed by atoms with van der Waals surface area (Å²) in [6, 6.07) is 18.7. The number of likely N-dealkylation sites (tertiary alicyclic amines) is 1. The zero-order valence-electron chi connectivity index (χ0n) is 25.4. The summed E-state index contributed by atoms with van der Waals surface area (Å²) in [5, 5.41) is 12.2. The molecule has 1 heterocycles. The largest absolute Gasteiger partial charge is 0.444 e. The van der Waals surface area contributed by atoms with Crippen LogP contribution in [0.4, 0.5) is 13.6 Å². The molecule has 3 aromatic rings. The van der Waals surface area contributed by atoms with Gasteiger partial charge in [-0.3, -0.25) is 4.90 Å². The molecule has 1 amide bonds. The van der Waals surface area contributed by atoms with Crippen LogP contribution in [0.25, 0.3) is 0 Å². The number of rotatable bonds is 9. The Kier molecular flexibility index (Phi) is 10.4. The predicted octanol–water partition coefficient (Wildman–Crippen LogP) is 7.35. The number of nitrogens with zero attached hydrogens (tertiary/aromatic N) is 2. The lowest BCUT2D eigenvalue weighted by Gasteiger charge is -2.44. The van der Waals surface area contributed by atoms with Crippen LogP contribution in [0.15, 0.2) is 66.7 Å². The first kappa shape index (κ1) is 31.6. The second-order valence-electron chi connectivity index (χ2n) is 12.5. The zero-order chi connectivity index (χ0) is 30.4. The second kappa shape index (κ2) is 13.8. The summed E-state index contributed by atoms with van der Waals surface area (Å²) in [4.78, 5) is 17.2. The van der Waals surface area contributed by atoms with Crippen LogP contribution in [0.3, 0.4) is 0 Å². The summed E-state index contributed by atoms with van der Waals surface area (Å²) in [6.07, 6.45) is 1.03. The Morgan fingerprint density at radius 2 is 1.50 bits per heavy atom. The first-order valence-electron chi connectivity index (χ1n) is 14.9. The standard InChI is InChI=1S/C35H44F2N2O3/c1-24-12-6-8-14-27(24)22-38(23-28-15-9-7-13-25(28)2)32(20-26-18-29(36)21-30(37)19-26)33(40)31-16-10-11-17-39(31)34(41)42-35(3,4)5/h6-9,12-15,18-19,21,31-33,40H,10-11,16-17,20,22-23H2,1-5H3/t31-,32-,33+/m0/s1. The van der Waals surface area contributed by atoms with Gasteiger partial charge in [0.15, 0.2) is 0 Å². The normalized spacial score (nSPS) is 17.3. The number of carbonyl (C=O) groups is 1. The number of piperidine rings is 1. The number of aryl methyl sites for hydroxylation is 2. The van der Waals surface area contributed by atoms with E-state index in [0.717, 1.165) is 41.2 Å². The molecule has 1 N–H and O–H groups in total. The van der Waals surface area contributed by atoms with Crippen LogP contribution in [0.5, 0.6) is 0 Å². The number of halogens is 2. The van der Waals surface area contributed by atoms with Gasteiger partial charge in [0.2, 0.25) is 0 Å². The van der Waals surface area contributed by atoms with Gasteiger partial charge >= 0.3 is 6.09 Å². The lowest BCUT2D eigenvalue weighted by atomic mass is 9.88. The molecular formula is C35H44F2N2O3. The smallest absolute Gasteiger partial charge is 0.410 e. The Balaban J connectivity index is 1.77. The van der Waals surface area contributed by atoms with Gasteiger partial charge < -0.3 is 14.7 Å². The molecule has 0 saturated carbocycles. The van der Waals surface area contributed by atoms with Crippen LogP contribution >= 0.6 is 0 Å². The average molecular weight is 579 g/mol. The van der Waals surface area contributed by atoms with E-state index < -0.39 is 41.5 Å². The van der Waals surface area contributed by atoms with Crippen molar-refractivity contribution in [2.45, 2.75) is 97.2 Å². The van der Waals surface area contributed by atoms with Crippen LogP contribution < -0.4 is 0 Å². The van der Waals surface area contributed by atoms with Gasteiger partial charge in [-0.05, 0) is 100 Å². The number of hydrogen-bond donors (Lipinski definition) is 1. The Morgan fingerprint density at radius 3 is 2.02 bits per heavy atom. The summed E-state index contributed by atoms with van der Waals surface area (Å²) >= 11 is 0. The third-order valence-corrected chi connectivity index (χ3v) is 8.07. The Labute approximate surface area is 249 Å². The summed E-state index contributed by atoms with van der Waals surface area (Å²) in [5.41, 5.74) is 4.21. The van der Waals surface area contributed by atoms with Crippen molar-refractivity contribution in [1.29, 1.82) is 0 Å². The highest BCUT2D eigenvalue weighted by Gasteiger charge is 2.40. The van der Waals surface area contributed by atoms with Crippen molar-refractivity contribution in [3.8, 4) is 0 Å². The summed E-state index contributed by atoms with van der Waals surface area (Å²) in [6.45, 7) is 11.1. The highest BCUT2D eigenvalue weighted by atomic mass is 19.1. The predicted molar refractivity (Wildman–Crippen MR) is 162 cm³/mol. The molecule has 7 heteroatoms. The number of aliphatic hydroxyl groups is 1. The minimum absolute atomic E-state index is 0.201. The fraction of sp³-hybridized carbons (Fsp3) is 0.457. The molecule has 1 aliphatic heterocycles. The molecule has 0 aromatic heterocycles. The monoisotopic (exact) mass is 578 g/mol. The topological polar surface area (TPSA) is 53.0 Å². The van der Waals surface area contributed by atoms with Gasteiger partial charge in [-0.2, -0.15) is 0 Å². The maximum absolute atomic E-state index is 14.4. The van der Waals surface area contributed by atoms with E-state index in [1.807, 2.05) is 45.0 Å². The van der Waals surface area contributed by atoms with Crippen molar-refractivity contribution < 1.29 is 23.4 Å². The number of hydrogen-bond acceptors (Lipinski definition) is 4. The zero-order valence-corrected chi connectivity index (χ0v) is 25.4. The minimum Gasteiger partial charge on any atom is -0.444 e. The van der Waals surface area contributed by atoms with E-state index in [9.17, 15) is 18.7 Å². The van der Waals surface area contributed by atoms with Crippen LogP contribution in [-0.4, -0.2) is 51.3 Å². The quantitative estimate of drug-likeness (QED) is 0.289. The molecule has 5 nitrogen and oxygen atoms in total. The summed E-state index contributed by atoms with van der Waals surface area (Å²) in [7, 11) is 0. The fourth-order valence-corrected chi connectivity index (χ4v) is 5.86. The van der Waals surface area contributed by atoms with Crippen LogP contribution in [0.2, 0.25) is 0 Å². The molecule has 1 aliphatic rings. The van der Waals surface area contributed by atoms with Gasteiger partial charge in [-0.1, -0.05) is 48.5 Å². The van der Waals surface area contributed by atoms with E-state index in [1.54, 1.807) is 4.90 Å². The fourth-order valence-electron chi connectivity index (χ4n) is 5.86. The van der Waals surface area contributed by atoms with Crippen LogP contribution in [0, 0.1) is 25.5 Å². The molecule has 4 rings (SSSR count). The van der Waals surface area contributed by atoms with Crippen molar-refractivity contribution in [2.75, 3.05) is 6.54 Å². The molecule has 226 valence electrons. The van der Waals surface area contributed by atoms with E-state index in [1.165, 1.54) is 12.1 Å². The molecule has 0 spiro atoms. The summed E-state index contributed by atoms with van der Waals surface area (Å²) in [5.74, 6) is -1.31. The second-order valence-corrected chi connectivity index (χ2v) is 12.5. The number of aliphatic hydroxyl groups excluding tert-OH is 1. The number of carbonyl (C=O) groups excluding carboxylic acids is 1. The third kappa shape index (κ3) is 8.39. The number of amides is 1. The lowest BCUT2D eigenvalue weighted by Crippen LogP contribution is -2.58. The highest BCUT2D eigenvalue weighted by Crippen LogP contribution is 2.29. The maximum atomic E-state index is 14.4. The van der Waals surface area contributed by atoms with Crippen molar-refractivity contribution >= 4 is 6.09 Å². The number of benzene rings is 3. The van der Waals surface area contributed by atoms with Crippen LogP contribution in [0.1, 0.15) is 67.9 Å². The SMILES string of the molecule is Cc1ccccc1CN(Cc1ccccc1C)[C@@H](Cc1cc(F)cc(F)c1)[C@H](O)[C@@H]1CCCCN1C(=O)OC(C)(C)C. The molecular weight excluding hydrogens is 534 g/mol. The Morgan fingerprint density at radius 1 is 0.952 bits per heavy atom. The van der Waals surface area contributed by atoms with E-state index in [-0.39, 0.29) is 6.42 Å². The lowest BCUT2D eigenvalue weighted by molar-refractivity contribution is -0.0464. The molecule has 0 aliphatic carbocycles. The van der Waals surface area contributed by atoms with E-state index in [2.05, 4.69) is 43.0 Å². The molecule has 0 unspecified atom stereocenters. The van der Waals surface area contributed by atoms with Crippen molar-refractivity contribution in [2.24, 2.45) is 0 Å². The van der Waals surface area contributed by atoms with Crippen LogP contribution in [-0.2, 0) is 24.2 Å². The third-order valence-electron chi connectivity index (χ3n) is 8.07. The van der Waals surface area contributed by atoms with E-state index in [4.69, 9.17) is 4.74 Å². The summed E-state index contributed by atoms with van der Waals surface area (Å²) < 4.78 is 34.5. The van der Waals surface area contributed by atoms with Gasteiger partial charge in [0.25, 0.3) is 0 Å². The Bertz CT molecular complexity index is 1290. The van der Waals surface area contributed by atoms with Gasteiger partial charge in [-0.15, -0.1) is 0 Å². The first-order chi connectivity index (χ1) is 19.9. The molecule has 1 saturated heterocycles. The van der Waals surface area contributed by atoms with Gasteiger partial charge in [-0.25, -0.2) is 13.6 Å². The molecule has 3 atom stereocenters. The van der Waals surface area contributed by atoms with Crippen molar-refractivity contribution in [3.63, 3.8) is 0 Å². The average Bonchev–Trinajstić information content (AvgIpc) is 2.92. The number of ether oxygens (including phenoxy) is 1. The minimum atomic E-state index is -1.00.